The van der Waals surface area contributed by atoms with Gasteiger partial charge in [0.05, 0.1) is 5.41 Å². The molecule has 6 heteroatoms. The average molecular weight is 632 g/mol. The third-order valence-electron chi connectivity index (χ3n) is 14.8. The quantitative estimate of drug-likeness (QED) is 0.331. The van der Waals surface area contributed by atoms with Crippen molar-refractivity contribution in [2.75, 3.05) is 0 Å². The maximum atomic E-state index is 14.7. The number of carbonyl (C=O) groups is 3. The first-order valence-corrected chi connectivity index (χ1v) is 17.8. The van der Waals surface area contributed by atoms with E-state index in [1.54, 1.807) is 6.92 Å². The van der Waals surface area contributed by atoms with E-state index in [1.165, 1.54) is 5.57 Å². The van der Waals surface area contributed by atoms with Gasteiger partial charge in [-0.25, -0.2) is 0 Å². The molecule has 6 nitrogen and oxygen atoms in total. The lowest BCUT2D eigenvalue weighted by Crippen LogP contribution is -2.67. The third kappa shape index (κ3) is 4.86. The highest BCUT2D eigenvalue weighted by molar-refractivity contribution is 5.95. The van der Waals surface area contributed by atoms with Gasteiger partial charge in [0.1, 0.15) is 18.8 Å². The number of rotatable bonds is 5. The highest BCUT2D eigenvalue weighted by Crippen LogP contribution is 2.75. The Labute approximate surface area is 276 Å². The summed E-state index contributed by atoms with van der Waals surface area (Å²) in [5.74, 6) is 0.149. The minimum absolute atomic E-state index is 0.0687. The van der Waals surface area contributed by atoms with Gasteiger partial charge in [-0.2, -0.15) is 0 Å². The highest BCUT2D eigenvalue weighted by Gasteiger charge is 2.70. The van der Waals surface area contributed by atoms with E-state index in [4.69, 9.17) is 15.2 Å². The fourth-order valence-corrected chi connectivity index (χ4v) is 11.7. The fourth-order valence-electron chi connectivity index (χ4n) is 11.7. The smallest absolute Gasteiger partial charge is 0.322 e. The molecule has 0 saturated heterocycles. The number of nitrogens with two attached hydrogens (primary N) is 1. The molecule has 6 rings (SSSR count). The zero-order valence-corrected chi connectivity index (χ0v) is 29.5. The largest absolute Gasteiger partial charge is 0.461 e. The summed E-state index contributed by atoms with van der Waals surface area (Å²) in [6, 6.07) is 9.25. The third-order valence-corrected chi connectivity index (χ3v) is 14.8. The molecule has 10 atom stereocenters. The molecule has 0 spiro atoms. The minimum atomic E-state index is -0.647. The van der Waals surface area contributed by atoms with Crippen molar-refractivity contribution in [2.45, 2.75) is 132 Å². The van der Waals surface area contributed by atoms with Crippen molar-refractivity contribution in [2.24, 2.45) is 56.0 Å². The van der Waals surface area contributed by atoms with Crippen LogP contribution in [0.2, 0.25) is 0 Å². The van der Waals surface area contributed by atoms with Gasteiger partial charge in [-0.15, -0.1) is 0 Å². The molecular weight excluding hydrogens is 574 g/mol. The lowest BCUT2D eigenvalue weighted by Gasteiger charge is -2.70. The summed E-state index contributed by atoms with van der Waals surface area (Å²) in [4.78, 5) is 41.0. The zero-order valence-electron chi connectivity index (χ0n) is 29.5. The number of ether oxygens (including phenoxy) is 2. The van der Waals surface area contributed by atoms with Crippen molar-refractivity contribution < 1.29 is 23.9 Å². The summed E-state index contributed by atoms with van der Waals surface area (Å²) in [6.45, 7) is 18.1. The predicted molar refractivity (Wildman–Crippen MR) is 179 cm³/mol. The van der Waals surface area contributed by atoms with Crippen LogP contribution in [0.1, 0.15) is 119 Å². The van der Waals surface area contributed by atoms with Gasteiger partial charge in [0, 0.05) is 11.3 Å². The number of hydrogen-bond donors (Lipinski definition) is 1. The van der Waals surface area contributed by atoms with E-state index >= 15 is 0 Å². The van der Waals surface area contributed by atoms with Crippen LogP contribution >= 0.6 is 0 Å². The van der Waals surface area contributed by atoms with E-state index in [2.05, 4.69) is 54.5 Å². The lowest BCUT2D eigenvalue weighted by molar-refractivity contribution is -0.211. The van der Waals surface area contributed by atoms with Crippen molar-refractivity contribution in [3.63, 3.8) is 0 Å². The lowest BCUT2D eigenvalue weighted by atomic mass is 9.33. The van der Waals surface area contributed by atoms with Crippen LogP contribution in [0.25, 0.3) is 0 Å². The Bertz CT molecular complexity index is 1430. The normalized spacial score (nSPS) is 43.5. The number of benzene rings is 1. The second-order valence-corrected chi connectivity index (χ2v) is 17.9. The van der Waals surface area contributed by atoms with Crippen LogP contribution in [-0.2, 0) is 30.5 Å². The minimum Gasteiger partial charge on any atom is -0.461 e. The Kier molecular flexibility index (Phi) is 8.02. The van der Waals surface area contributed by atoms with Crippen molar-refractivity contribution >= 4 is 17.7 Å². The Balaban J connectivity index is 1.30. The molecule has 0 heterocycles. The molecule has 252 valence electrons. The molecule has 0 radical (unpaired) electrons. The van der Waals surface area contributed by atoms with E-state index in [1.807, 2.05) is 30.3 Å². The molecule has 0 amide bonds. The fraction of sp³-hybridized carbons (Fsp3) is 0.725. The van der Waals surface area contributed by atoms with E-state index in [0.29, 0.717) is 0 Å². The van der Waals surface area contributed by atoms with Gasteiger partial charge in [-0.3, -0.25) is 14.4 Å². The standard InChI is InChI=1S/C40H57NO5/c1-25(41)33(43)46-31-15-16-38(6)30(35(31,2)3)14-17-40(8)32(38)29(42)22-27-28-23-37(5,19-18-36(28,4)20-21-39(27,40)7)34(44)45-24-26-12-10-9-11-13-26/h9-13,22,25,28,30-32H,14-21,23-24,41H2,1-8H3/t25-,28-,30-,31-,32+,36+,37-,38-,39+,40+/m0/s1. The van der Waals surface area contributed by atoms with Gasteiger partial charge < -0.3 is 15.2 Å². The summed E-state index contributed by atoms with van der Waals surface area (Å²) in [6.07, 6.45) is 10.1. The molecule has 4 saturated carbocycles. The van der Waals surface area contributed by atoms with E-state index in [9.17, 15) is 14.4 Å². The maximum Gasteiger partial charge on any atom is 0.322 e. The molecule has 4 fully saturated rings. The summed E-state index contributed by atoms with van der Waals surface area (Å²) in [5, 5.41) is 0. The van der Waals surface area contributed by atoms with Crippen molar-refractivity contribution in [3.8, 4) is 0 Å². The molecule has 1 aromatic rings. The van der Waals surface area contributed by atoms with E-state index < -0.39 is 11.5 Å². The first-order chi connectivity index (χ1) is 21.4. The highest BCUT2D eigenvalue weighted by atomic mass is 16.5. The van der Waals surface area contributed by atoms with Gasteiger partial charge in [0.15, 0.2) is 5.78 Å². The molecular formula is C40H57NO5. The Morgan fingerprint density at radius 2 is 1.59 bits per heavy atom. The zero-order chi connectivity index (χ0) is 33.5. The average Bonchev–Trinajstić information content (AvgIpc) is 2.99. The monoisotopic (exact) mass is 631 g/mol. The molecule has 0 bridgehead atoms. The maximum absolute atomic E-state index is 14.7. The van der Waals surface area contributed by atoms with Gasteiger partial charge >= 0.3 is 11.9 Å². The molecule has 0 unspecified atom stereocenters. The van der Waals surface area contributed by atoms with Crippen molar-refractivity contribution in [1.29, 1.82) is 0 Å². The first-order valence-electron chi connectivity index (χ1n) is 17.8. The predicted octanol–water partition coefficient (Wildman–Crippen LogP) is 7.97. The number of esters is 2. The second-order valence-electron chi connectivity index (χ2n) is 17.9. The topological polar surface area (TPSA) is 95.7 Å². The van der Waals surface area contributed by atoms with Gasteiger partial charge in [-0.05, 0) is 117 Å². The number of carbonyl (C=O) groups excluding carboxylic acids is 3. The van der Waals surface area contributed by atoms with Gasteiger partial charge in [-0.1, -0.05) is 77.4 Å². The number of allylic oxidation sites excluding steroid dienone is 2. The molecule has 5 aliphatic rings. The Morgan fingerprint density at radius 1 is 0.913 bits per heavy atom. The van der Waals surface area contributed by atoms with Crippen LogP contribution in [0.3, 0.4) is 0 Å². The molecule has 1 aromatic carbocycles. The van der Waals surface area contributed by atoms with Crippen LogP contribution in [0.5, 0.6) is 0 Å². The Morgan fingerprint density at radius 3 is 2.26 bits per heavy atom. The molecule has 46 heavy (non-hydrogen) atoms. The van der Waals surface area contributed by atoms with Crippen molar-refractivity contribution in [3.05, 3.63) is 47.5 Å². The first kappa shape index (κ1) is 33.4. The van der Waals surface area contributed by atoms with Crippen LogP contribution in [-0.4, -0.2) is 29.9 Å². The van der Waals surface area contributed by atoms with Gasteiger partial charge in [0.2, 0.25) is 0 Å². The van der Waals surface area contributed by atoms with Crippen LogP contribution in [0.15, 0.2) is 42.0 Å². The summed E-state index contributed by atoms with van der Waals surface area (Å²) >= 11 is 0. The van der Waals surface area contributed by atoms with Crippen LogP contribution in [0.4, 0.5) is 0 Å². The van der Waals surface area contributed by atoms with Crippen LogP contribution in [0, 0.1) is 50.2 Å². The number of ketones is 1. The van der Waals surface area contributed by atoms with Crippen LogP contribution < -0.4 is 5.73 Å². The van der Waals surface area contributed by atoms with E-state index in [-0.39, 0.29) is 75.3 Å². The number of hydrogen-bond acceptors (Lipinski definition) is 6. The van der Waals surface area contributed by atoms with Gasteiger partial charge in [0.25, 0.3) is 0 Å². The summed E-state index contributed by atoms with van der Waals surface area (Å²) in [7, 11) is 0. The van der Waals surface area contributed by atoms with E-state index in [0.717, 1.165) is 63.4 Å². The van der Waals surface area contributed by atoms with Crippen molar-refractivity contribution in [1.82, 2.24) is 0 Å². The molecule has 0 aliphatic heterocycles. The Hall–Kier alpha value is -2.47. The molecule has 2 N–H and O–H groups in total. The molecule has 0 aromatic heterocycles. The summed E-state index contributed by atoms with van der Waals surface area (Å²) in [5.41, 5.74) is 6.89. The SMILES string of the molecule is C[C@H](N)C(=O)O[C@H]1CC[C@]2(C)[C@H]3C(=O)C=C4[C@@H]5C[C@@](C)(C(=O)OCc6ccccc6)CC[C@]5(C)CC[C@@]4(C)[C@]3(C)CC[C@H]2C1(C)C. The summed E-state index contributed by atoms with van der Waals surface area (Å²) < 4.78 is 12.0. The molecule has 5 aliphatic carbocycles. The second kappa shape index (κ2) is 11.0. The number of fused-ring (bicyclic) bond motifs is 7.